The molecule has 5 heteroatoms. The standard InChI is InChI=1S/C14H15NO3S/c1-4-9-7-10(5-6-11(9)18-3)12-13(14(16)17)19-8(2)15-12/h5-7H,4H2,1-3H3,(H,16,17). The summed E-state index contributed by atoms with van der Waals surface area (Å²) in [4.78, 5) is 15.8. The van der Waals surface area contributed by atoms with Gasteiger partial charge >= 0.3 is 5.97 Å². The fourth-order valence-electron chi connectivity index (χ4n) is 1.97. The molecule has 0 saturated heterocycles. The van der Waals surface area contributed by atoms with Gasteiger partial charge in [0.05, 0.1) is 17.8 Å². The number of rotatable bonds is 4. The minimum Gasteiger partial charge on any atom is -0.496 e. The molecule has 0 aliphatic rings. The summed E-state index contributed by atoms with van der Waals surface area (Å²) in [5.74, 6) is -0.121. The molecule has 1 heterocycles. The number of carbonyl (C=O) groups is 1. The Morgan fingerprint density at radius 1 is 1.47 bits per heavy atom. The van der Waals surface area contributed by atoms with E-state index in [0.29, 0.717) is 5.69 Å². The summed E-state index contributed by atoms with van der Waals surface area (Å²) >= 11 is 1.20. The number of hydrogen-bond donors (Lipinski definition) is 1. The first-order valence-electron chi connectivity index (χ1n) is 5.94. The van der Waals surface area contributed by atoms with Crippen molar-refractivity contribution in [2.45, 2.75) is 20.3 Å². The second-order valence-corrected chi connectivity index (χ2v) is 5.30. The molecule has 0 bridgehead atoms. The van der Waals surface area contributed by atoms with Gasteiger partial charge in [0.25, 0.3) is 0 Å². The number of aromatic carboxylic acids is 1. The van der Waals surface area contributed by atoms with E-state index in [2.05, 4.69) is 4.98 Å². The number of benzene rings is 1. The largest absolute Gasteiger partial charge is 0.496 e. The average molecular weight is 277 g/mol. The van der Waals surface area contributed by atoms with Gasteiger partial charge in [-0.05, 0) is 37.1 Å². The minimum atomic E-state index is -0.936. The van der Waals surface area contributed by atoms with Crippen LogP contribution >= 0.6 is 11.3 Å². The summed E-state index contributed by atoms with van der Waals surface area (Å²) < 4.78 is 5.28. The highest BCUT2D eigenvalue weighted by Gasteiger charge is 2.18. The Balaban J connectivity index is 2.56. The number of thiazole rings is 1. The highest BCUT2D eigenvalue weighted by molar-refractivity contribution is 7.14. The zero-order chi connectivity index (χ0) is 14.0. The van der Waals surface area contributed by atoms with Gasteiger partial charge in [-0.3, -0.25) is 0 Å². The van der Waals surface area contributed by atoms with Gasteiger partial charge < -0.3 is 9.84 Å². The quantitative estimate of drug-likeness (QED) is 0.930. The van der Waals surface area contributed by atoms with Crippen molar-refractivity contribution >= 4 is 17.3 Å². The third kappa shape index (κ3) is 2.61. The van der Waals surface area contributed by atoms with Crippen LogP contribution < -0.4 is 4.74 Å². The van der Waals surface area contributed by atoms with Gasteiger partial charge in [-0.1, -0.05) is 6.92 Å². The molecule has 1 N–H and O–H groups in total. The van der Waals surface area contributed by atoms with Gasteiger partial charge in [0, 0.05) is 5.56 Å². The molecular weight excluding hydrogens is 262 g/mol. The zero-order valence-electron chi connectivity index (χ0n) is 11.1. The summed E-state index contributed by atoms with van der Waals surface area (Å²) in [6.45, 7) is 3.84. The minimum absolute atomic E-state index is 0.282. The van der Waals surface area contributed by atoms with E-state index in [-0.39, 0.29) is 4.88 Å². The van der Waals surface area contributed by atoms with E-state index in [0.717, 1.165) is 28.3 Å². The number of aromatic nitrogens is 1. The van der Waals surface area contributed by atoms with E-state index in [1.165, 1.54) is 11.3 Å². The van der Waals surface area contributed by atoms with Crippen molar-refractivity contribution in [3.8, 4) is 17.0 Å². The van der Waals surface area contributed by atoms with Crippen LogP contribution in [0.15, 0.2) is 18.2 Å². The maximum atomic E-state index is 11.2. The second kappa shape index (κ2) is 5.40. The Bertz CT molecular complexity index is 619. The van der Waals surface area contributed by atoms with Gasteiger partial charge in [-0.15, -0.1) is 11.3 Å². The van der Waals surface area contributed by atoms with Crippen molar-refractivity contribution in [1.82, 2.24) is 4.98 Å². The highest BCUT2D eigenvalue weighted by atomic mass is 32.1. The van der Waals surface area contributed by atoms with Crippen molar-refractivity contribution in [3.05, 3.63) is 33.6 Å². The van der Waals surface area contributed by atoms with Gasteiger partial charge in [-0.25, -0.2) is 9.78 Å². The molecule has 2 aromatic rings. The Morgan fingerprint density at radius 3 is 2.79 bits per heavy atom. The molecule has 19 heavy (non-hydrogen) atoms. The summed E-state index contributed by atoms with van der Waals surface area (Å²) in [7, 11) is 1.63. The fraction of sp³-hybridized carbons (Fsp3) is 0.286. The van der Waals surface area contributed by atoms with E-state index >= 15 is 0 Å². The Hall–Kier alpha value is -1.88. The predicted octanol–water partition coefficient (Wildman–Crippen LogP) is 3.39. The van der Waals surface area contributed by atoms with Crippen LogP contribution in [0.5, 0.6) is 5.75 Å². The van der Waals surface area contributed by atoms with Crippen LogP contribution in [0, 0.1) is 6.92 Å². The molecule has 0 amide bonds. The first-order valence-corrected chi connectivity index (χ1v) is 6.76. The topological polar surface area (TPSA) is 59.4 Å². The number of methoxy groups -OCH3 is 1. The van der Waals surface area contributed by atoms with E-state index in [1.807, 2.05) is 32.0 Å². The lowest BCUT2D eigenvalue weighted by molar-refractivity contribution is 0.0702. The normalized spacial score (nSPS) is 10.5. The number of aryl methyl sites for hydroxylation is 2. The van der Waals surface area contributed by atoms with E-state index in [9.17, 15) is 9.90 Å². The second-order valence-electron chi connectivity index (χ2n) is 4.10. The first-order chi connectivity index (χ1) is 9.06. The van der Waals surface area contributed by atoms with Gasteiger partial charge in [0.2, 0.25) is 0 Å². The van der Waals surface area contributed by atoms with Crippen LogP contribution in [0.2, 0.25) is 0 Å². The molecule has 0 saturated carbocycles. The van der Waals surface area contributed by atoms with Crippen LogP contribution in [0.4, 0.5) is 0 Å². The molecule has 1 aromatic carbocycles. The number of carboxylic acid groups (broad SMARTS) is 1. The van der Waals surface area contributed by atoms with Crippen LogP contribution in [0.25, 0.3) is 11.3 Å². The monoisotopic (exact) mass is 277 g/mol. The lowest BCUT2D eigenvalue weighted by Crippen LogP contribution is -1.97. The molecule has 2 rings (SSSR count). The molecule has 0 atom stereocenters. The lowest BCUT2D eigenvalue weighted by atomic mass is 10.0. The van der Waals surface area contributed by atoms with Crippen LogP contribution in [0.3, 0.4) is 0 Å². The Labute approximate surface area is 115 Å². The van der Waals surface area contributed by atoms with E-state index in [1.54, 1.807) is 7.11 Å². The molecule has 100 valence electrons. The third-order valence-corrected chi connectivity index (χ3v) is 3.82. The maximum Gasteiger partial charge on any atom is 0.348 e. The van der Waals surface area contributed by atoms with Crippen molar-refractivity contribution in [3.63, 3.8) is 0 Å². The fourth-order valence-corrected chi connectivity index (χ4v) is 2.75. The van der Waals surface area contributed by atoms with Gasteiger partial charge in [-0.2, -0.15) is 0 Å². The summed E-state index contributed by atoms with van der Waals surface area (Å²) in [6.07, 6.45) is 0.822. The number of nitrogens with zero attached hydrogens (tertiary/aromatic N) is 1. The van der Waals surface area contributed by atoms with Gasteiger partial charge in [0.15, 0.2) is 0 Å². The van der Waals surface area contributed by atoms with E-state index < -0.39 is 5.97 Å². The molecular formula is C14H15NO3S. The molecule has 0 aliphatic heterocycles. The number of hydrogen-bond acceptors (Lipinski definition) is 4. The van der Waals surface area contributed by atoms with Crippen LogP contribution in [-0.4, -0.2) is 23.2 Å². The smallest absolute Gasteiger partial charge is 0.348 e. The molecule has 0 unspecified atom stereocenters. The predicted molar refractivity (Wildman–Crippen MR) is 75.2 cm³/mol. The lowest BCUT2D eigenvalue weighted by Gasteiger charge is -2.08. The maximum absolute atomic E-state index is 11.2. The molecule has 1 aromatic heterocycles. The summed E-state index contributed by atoms with van der Waals surface area (Å²) in [6, 6.07) is 5.65. The summed E-state index contributed by atoms with van der Waals surface area (Å²) in [5, 5.41) is 9.96. The average Bonchev–Trinajstić information content (AvgIpc) is 2.80. The van der Waals surface area contributed by atoms with Gasteiger partial charge in [0.1, 0.15) is 10.6 Å². The SMILES string of the molecule is CCc1cc(-c2nc(C)sc2C(=O)O)ccc1OC. The zero-order valence-corrected chi connectivity index (χ0v) is 11.9. The Kier molecular flexibility index (Phi) is 3.85. The highest BCUT2D eigenvalue weighted by Crippen LogP contribution is 2.31. The molecule has 0 spiro atoms. The van der Waals surface area contributed by atoms with Crippen molar-refractivity contribution in [1.29, 1.82) is 0 Å². The molecule has 0 fully saturated rings. The van der Waals surface area contributed by atoms with Crippen molar-refractivity contribution in [2.24, 2.45) is 0 Å². The molecule has 0 aliphatic carbocycles. The Morgan fingerprint density at radius 2 is 2.21 bits per heavy atom. The molecule has 0 radical (unpaired) electrons. The van der Waals surface area contributed by atoms with Crippen molar-refractivity contribution < 1.29 is 14.6 Å². The van der Waals surface area contributed by atoms with Crippen LogP contribution in [-0.2, 0) is 6.42 Å². The number of ether oxygens (including phenoxy) is 1. The number of carboxylic acids is 1. The van der Waals surface area contributed by atoms with E-state index in [4.69, 9.17) is 4.74 Å². The molecule has 4 nitrogen and oxygen atoms in total. The third-order valence-electron chi connectivity index (χ3n) is 2.86. The first kappa shape index (κ1) is 13.5. The van der Waals surface area contributed by atoms with Crippen LogP contribution in [0.1, 0.15) is 27.2 Å². The van der Waals surface area contributed by atoms with Crippen molar-refractivity contribution in [2.75, 3.05) is 7.11 Å². The summed E-state index contributed by atoms with van der Waals surface area (Å²) in [5.41, 5.74) is 2.40.